The summed E-state index contributed by atoms with van der Waals surface area (Å²) in [5, 5.41) is 0. The van der Waals surface area contributed by atoms with E-state index in [0.717, 1.165) is 54.9 Å². The second-order valence-electron chi connectivity index (χ2n) is 8.58. The van der Waals surface area contributed by atoms with Crippen LogP contribution in [0.1, 0.15) is 54.2 Å². The summed E-state index contributed by atoms with van der Waals surface area (Å²) in [4.78, 5) is 22.6. The van der Waals surface area contributed by atoms with E-state index >= 15 is 0 Å². The van der Waals surface area contributed by atoms with Gasteiger partial charge in [0.1, 0.15) is 5.75 Å². The lowest BCUT2D eigenvalue weighted by molar-refractivity contribution is -0.0346. The van der Waals surface area contributed by atoms with Crippen molar-refractivity contribution in [1.29, 1.82) is 0 Å². The molecule has 0 spiro atoms. The molecule has 1 aromatic heterocycles. The molecule has 0 unspecified atom stereocenters. The van der Waals surface area contributed by atoms with Crippen molar-refractivity contribution in [3.05, 3.63) is 59.4 Å². The Morgan fingerprint density at radius 1 is 1.24 bits per heavy atom. The van der Waals surface area contributed by atoms with Crippen LogP contribution in [0.25, 0.3) is 0 Å². The van der Waals surface area contributed by atoms with Crippen molar-refractivity contribution in [2.75, 3.05) is 27.2 Å². The maximum absolute atomic E-state index is 13.5. The Kier molecular flexibility index (Phi) is 5.59. The van der Waals surface area contributed by atoms with Gasteiger partial charge in [0, 0.05) is 42.0 Å². The van der Waals surface area contributed by atoms with E-state index in [0.29, 0.717) is 12.5 Å². The van der Waals surface area contributed by atoms with Crippen LogP contribution in [0.2, 0.25) is 0 Å². The molecule has 4 rings (SSSR count). The zero-order chi connectivity index (χ0) is 20.4. The van der Waals surface area contributed by atoms with E-state index in [1.807, 2.05) is 36.4 Å². The summed E-state index contributed by atoms with van der Waals surface area (Å²) < 4.78 is 5.47. The van der Waals surface area contributed by atoms with Crippen molar-refractivity contribution in [3.63, 3.8) is 0 Å². The number of piperidine rings is 2. The van der Waals surface area contributed by atoms with Crippen molar-refractivity contribution >= 4 is 5.91 Å². The predicted molar refractivity (Wildman–Crippen MR) is 114 cm³/mol. The number of aromatic nitrogens is 1. The molecule has 0 aliphatic carbocycles. The normalized spacial score (nSPS) is 24.8. The molecular formula is C24H31N3O2. The van der Waals surface area contributed by atoms with Gasteiger partial charge in [0.15, 0.2) is 0 Å². The summed E-state index contributed by atoms with van der Waals surface area (Å²) >= 11 is 0. The van der Waals surface area contributed by atoms with Gasteiger partial charge in [-0.25, -0.2) is 0 Å². The molecule has 2 saturated heterocycles. The first kappa shape index (κ1) is 19.9. The predicted octanol–water partition coefficient (Wildman–Crippen LogP) is 3.77. The van der Waals surface area contributed by atoms with Crippen molar-refractivity contribution in [3.8, 4) is 5.75 Å². The van der Waals surface area contributed by atoms with Gasteiger partial charge in [-0.3, -0.25) is 9.78 Å². The van der Waals surface area contributed by atoms with E-state index in [4.69, 9.17) is 4.74 Å². The highest BCUT2D eigenvalue weighted by atomic mass is 16.5. The van der Waals surface area contributed by atoms with E-state index in [1.165, 1.54) is 6.42 Å². The standard InChI is InChI=1S/C24H31N3O2/c1-24-12-7-14-26(2)22(24)10-6-15-27(24)23(28)19-11-13-25-20(17-19)16-18-8-4-5-9-21(18)29-3/h4-5,8-9,11,13,17,22H,6-7,10,12,14-16H2,1-3H3/t22-,24-/m0/s1. The van der Waals surface area contributed by atoms with Crippen LogP contribution in [0.3, 0.4) is 0 Å². The number of para-hydroxylation sites is 1. The maximum Gasteiger partial charge on any atom is 0.254 e. The minimum absolute atomic E-state index is 0.0889. The minimum atomic E-state index is -0.0889. The fourth-order valence-corrected chi connectivity index (χ4v) is 5.27. The highest BCUT2D eigenvalue weighted by Crippen LogP contribution is 2.39. The second kappa shape index (κ2) is 8.15. The Labute approximate surface area is 173 Å². The van der Waals surface area contributed by atoms with Gasteiger partial charge in [-0.15, -0.1) is 0 Å². The van der Waals surface area contributed by atoms with E-state index in [-0.39, 0.29) is 11.4 Å². The fraction of sp³-hybridized carbons (Fsp3) is 0.500. The SMILES string of the molecule is COc1ccccc1Cc1cc(C(=O)N2CCC[C@@H]3N(C)CCC[C@@]32C)ccn1. The van der Waals surface area contributed by atoms with Gasteiger partial charge in [-0.2, -0.15) is 0 Å². The molecule has 0 bridgehead atoms. The highest BCUT2D eigenvalue weighted by molar-refractivity contribution is 5.95. The molecule has 1 amide bonds. The summed E-state index contributed by atoms with van der Waals surface area (Å²) in [6.45, 7) is 4.24. The number of pyridine rings is 1. The molecule has 0 radical (unpaired) electrons. The number of likely N-dealkylation sites (N-methyl/N-ethyl adjacent to an activating group) is 1. The van der Waals surface area contributed by atoms with Gasteiger partial charge in [-0.1, -0.05) is 18.2 Å². The molecule has 3 heterocycles. The number of carbonyl (C=O) groups excluding carboxylic acids is 1. The summed E-state index contributed by atoms with van der Waals surface area (Å²) in [5.41, 5.74) is 2.61. The van der Waals surface area contributed by atoms with Crippen LogP contribution in [-0.4, -0.2) is 59.5 Å². The summed E-state index contributed by atoms with van der Waals surface area (Å²) in [7, 11) is 3.88. The van der Waals surface area contributed by atoms with E-state index in [2.05, 4.69) is 28.8 Å². The number of hydrogen-bond acceptors (Lipinski definition) is 4. The average molecular weight is 394 g/mol. The van der Waals surface area contributed by atoms with Crippen molar-refractivity contribution < 1.29 is 9.53 Å². The van der Waals surface area contributed by atoms with Crippen LogP contribution in [-0.2, 0) is 6.42 Å². The van der Waals surface area contributed by atoms with Gasteiger partial charge in [0.05, 0.1) is 12.6 Å². The Hall–Kier alpha value is -2.40. The minimum Gasteiger partial charge on any atom is -0.496 e. The van der Waals surface area contributed by atoms with Gasteiger partial charge in [0.2, 0.25) is 0 Å². The fourth-order valence-electron chi connectivity index (χ4n) is 5.27. The number of methoxy groups -OCH3 is 1. The zero-order valence-electron chi connectivity index (χ0n) is 17.7. The Morgan fingerprint density at radius 3 is 2.90 bits per heavy atom. The Bertz CT molecular complexity index is 884. The van der Waals surface area contributed by atoms with Crippen LogP contribution in [0, 0.1) is 0 Å². The first-order chi connectivity index (χ1) is 14.0. The summed E-state index contributed by atoms with van der Waals surface area (Å²) in [6.07, 6.45) is 6.86. The molecular weight excluding hydrogens is 362 g/mol. The quantitative estimate of drug-likeness (QED) is 0.793. The number of ether oxygens (including phenoxy) is 1. The van der Waals surface area contributed by atoms with Crippen LogP contribution in [0.4, 0.5) is 0 Å². The van der Waals surface area contributed by atoms with Gasteiger partial charge < -0.3 is 14.5 Å². The van der Waals surface area contributed by atoms with Crippen LogP contribution in [0.5, 0.6) is 5.75 Å². The smallest absolute Gasteiger partial charge is 0.254 e. The largest absolute Gasteiger partial charge is 0.496 e. The molecule has 154 valence electrons. The van der Waals surface area contributed by atoms with Gasteiger partial charge >= 0.3 is 0 Å². The zero-order valence-corrected chi connectivity index (χ0v) is 17.7. The summed E-state index contributed by atoms with van der Waals surface area (Å²) in [6, 6.07) is 12.2. The van der Waals surface area contributed by atoms with Crippen molar-refractivity contribution in [1.82, 2.24) is 14.8 Å². The lowest BCUT2D eigenvalue weighted by atomic mass is 9.76. The molecule has 2 fully saturated rings. The molecule has 0 N–H and O–H groups in total. The molecule has 29 heavy (non-hydrogen) atoms. The number of benzene rings is 1. The van der Waals surface area contributed by atoms with E-state index in [1.54, 1.807) is 13.3 Å². The summed E-state index contributed by atoms with van der Waals surface area (Å²) in [5.74, 6) is 0.985. The van der Waals surface area contributed by atoms with E-state index in [9.17, 15) is 4.79 Å². The third kappa shape index (κ3) is 3.76. The first-order valence-corrected chi connectivity index (χ1v) is 10.6. The topological polar surface area (TPSA) is 45.7 Å². The van der Waals surface area contributed by atoms with Crippen molar-refractivity contribution in [2.45, 2.75) is 50.6 Å². The molecule has 2 aromatic rings. The van der Waals surface area contributed by atoms with E-state index < -0.39 is 0 Å². The molecule has 2 atom stereocenters. The Balaban J connectivity index is 1.58. The first-order valence-electron chi connectivity index (χ1n) is 10.6. The highest BCUT2D eigenvalue weighted by Gasteiger charge is 2.48. The lowest BCUT2D eigenvalue weighted by Gasteiger charge is -2.56. The number of carbonyl (C=O) groups is 1. The number of fused-ring (bicyclic) bond motifs is 1. The number of likely N-dealkylation sites (tertiary alicyclic amines) is 2. The molecule has 2 aliphatic heterocycles. The number of nitrogens with zero attached hydrogens (tertiary/aromatic N) is 3. The maximum atomic E-state index is 13.5. The molecule has 0 saturated carbocycles. The molecule has 5 heteroatoms. The molecule has 5 nitrogen and oxygen atoms in total. The van der Waals surface area contributed by atoms with Crippen LogP contribution in [0.15, 0.2) is 42.6 Å². The third-order valence-corrected chi connectivity index (χ3v) is 6.79. The average Bonchev–Trinajstić information content (AvgIpc) is 2.73. The molecule has 2 aliphatic rings. The number of amides is 1. The van der Waals surface area contributed by atoms with Gasteiger partial charge in [-0.05, 0) is 64.4 Å². The molecule has 1 aromatic carbocycles. The monoisotopic (exact) mass is 393 g/mol. The van der Waals surface area contributed by atoms with Crippen LogP contribution >= 0.6 is 0 Å². The third-order valence-electron chi connectivity index (χ3n) is 6.79. The van der Waals surface area contributed by atoms with Gasteiger partial charge in [0.25, 0.3) is 5.91 Å². The lowest BCUT2D eigenvalue weighted by Crippen LogP contribution is -2.66. The number of rotatable bonds is 4. The Morgan fingerprint density at radius 2 is 2.07 bits per heavy atom. The second-order valence-corrected chi connectivity index (χ2v) is 8.58. The van der Waals surface area contributed by atoms with Crippen molar-refractivity contribution in [2.24, 2.45) is 0 Å². The number of hydrogen-bond donors (Lipinski definition) is 0. The van der Waals surface area contributed by atoms with Crippen LogP contribution < -0.4 is 4.74 Å².